The Morgan fingerprint density at radius 2 is 1.08 bits per heavy atom. The molecule has 12 aromatic rings. The summed E-state index contributed by atoms with van der Waals surface area (Å²) in [7, 11) is 0. The molecule has 0 fully saturated rings. The van der Waals surface area contributed by atoms with Crippen molar-refractivity contribution in [2.24, 2.45) is 0 Å². The maximum absolute atomic E-state index is 7.40. The summed E-state index contributed by atoms with van der Waals surface area (Å²) in [5, 5.41) is 2.19. The van der Waals surface area contributed by atoms with E-state index in [9.17, 15) is 0 Å². The van der Waals surface area contributed by atoms with Crippen molar-refractivity contribution in [3.63, 3.8) is 0 Å². The molecule has 0 saturated carbocycles. The van der Waals surface area contributed by atoms with Gasteiger partial charge in [-0.3, -0.25) is 0 Å². The van der Waals surface area contributed by atoms with E-state index in [0.29, 0.717) is 11.5 Å². The quantitative estimate of drug-likeness (QED) is 0.135. The standard InChI is InChI=1S/C78H63N4O.Pt/c1-75(2,3)55-43-62(51-25-11-8-12-26-51)74(63(44-55)52-27-13-9-14-28-52)81-50-80(68-37-23-24-38-69(68)81)56-46-66-73(77(6,7)49-76(66,4)5)71(47-56)83-57-39-40-61-60-33-19-22-36-67(60)82(70(61)48-57)72-45-54(41-42-79-72)78(53-29-15-10-16-30-53)64-34-20-17-31-58(64)59-32-18-21-35-65(59)78;/h8-46,50H,49H2,1-7H3;/q-3;. The fourth-order valence-corrected chi connectivity index (χ4v) is 14.5. The number of para-hydroxylation sites is 3. The number of anilines is 4. The Morgan fingerprint density at radius 1 is 0.512 bits per heavy atom. The van der Waals surface area contributed by atoms with E-state index in [0.717, 1.165) is 73.5 Å². The van der Waals surface area contributed by atoms with E-state index >= 15 is 0 Å². The van der Waals surface area contributed by atoms with Gasteiger partial charge in [0.05, 0.1) is 5.41 Å². The molecule has 0 amide bonds. The van der Waals surface area contributed by atoms with Gasteiger partial charge in [-0.15, -0.1) is 53.1 Å². The number of rotatable bonds is 9. The molecule has 6 heteroatoms. The molecule has 3 heterocycles. The molecule has 0 bridgehead atoms. The average molecular weight is 1270 g/mol. The molecule has 2 aromatic heterocycles. The fourth-order valence-electron chi connectivity index (χ4n) is 14.5. The van der Waals surface area contributed by atoms with Gasteiger partial charge in [-0.2, -0.15) is 6.07 Å². The van der Waals surface area contributed by atoms with E-state index in [4.69, 9.17) is 9.72 Å². The van der Waals surface area contributed by atoms with Gasteiger partial charge >= 0.3 is 0 Å². The molecule has 0 N–H and O–H groups in total. The maximum Gasteiger partial charge on any atom is 0.135 e. The Morgan fingerprint density at radius 3 is 1.73 bits per heavy atom. The van der Waals surface area contributed by atoms with Gasteiger partial charge in [0.15, 0.2) is 0 Å². The Bertz CT molecular complexity index is 4430. The Hall–Kier alpha value is -8.76. The van der Waals surface area contributed by atoms with Crippen LogP contribution in [0.4, 0.5) is 22.7 Å². The number of nitrogens with zero attached hydrogens (tertiary/aromatic N) is 4. The van der Waals surface area contributed by atoms with Crippen molar-refractivity contribution in [3.05, 3.63) is 294 Å². The Labute approximate surface area is 508 Å². The molecule has 0 radical (unpaired) electrons. The summed E-state index contributed by atoms with van der Waals surface area (Å²) >= 11 is 0. The zero-order valence-electron chi connectivity index (χ0n) is 48.3. The van der Waals surface area contributed by atoms with Crippen LogP contribution in [0.2, 0.25) is 0 Å². The van der Waals surface area contributed by atoms with Gasteiger partial charge in [0, 0.05) is 72.5 Å². The van der Waals surface area contributed by atoms with Gasteiger partial charge in [-0.25, -0.2) is 4.98 Å². The van der Waals surface area contributed by atoms with Gasteiger partial charge in [0.2, 0.25) is 0 Å². The molecule has 0 atom stereocenters. The van der Waals surface area contributed by atoms with E-state index in [2.05, 4.69) is 312 Å². The molecule has 84 heavy (non-hydrogen) atoms. The molecule has 0 spiro atoms. The van der Waals surface area contributed by atoms with Crippen LogP contribution in [-0.4, -0.2) is 9.55 Å². The SMILES string of the molecule is CC(C)(C)c1cc(-c2ccccc2)c(N2[CH-]N(c3[c-]c(Oc4[c-]c5c(cc4)c4ccccc4n5-c4cc(C5(c6ccccc6)c6ccccc6-c6ccccc65)ccn4)c4c(c3)C(C)(C)CC4(C)C)c3ccccc32)c(-c2ccccc2)c1.[Pt]. The van der Waals surface area contributed by atoms with Crippen LogP contribution in [0, 0.1) is 18.8 Å². The van der Waals surface area contributed by atoms with Crippen LogP contribution in [0.3, 0.4) is 0 Å². The smallest absolute Gasteiger partial charge is 0.135 e. The van der Waals surface area contributed by atoms with Crippen LogP contribution in [0.25, 0.3) is 61.0 Å². The molecule has 15 rings (SSSR count). The predicted molar refractivity (Wildman–Crippen MR) is 342 cm³/mol. The average Bonchev–Trinajstić information content (AvgIpc) is 1.89. The van der Waals surface area contributed by atoms with Crippen LogP contribution in [0.1, 0.15) is 93.8 Å². The zero-order chi connectivity index (χ0) is 56.4. The third-order valence-electron chi connectivity index (χ3n) is 17.9. The van der Waals surface area contributed by atoms with Crippen molar-refractivity contribution in [2.45, 2.75) is 76.5 Å². The second kappa shape index (κ2) is 20.0. The van der Waals surface area contributed by atoms with Crippen molar-refractivity contribution >= 4 is 44.6 Å². The van der Waals surface area contributed by atoms with Crippen LogP contribution < -0.4 is 14.5 Å². The predicted octanol–water partition coefficient (Wildman–Crippen LogP) is 19.9. The topological polar surface area (TPSA) is 33.5 Å². The van der Waals surface area contributed by atoms with Gasteiger partial charge in [-0.1, -0.05) is 229 Å². The van der Waals surface area contributed by atoms with E-state index in [1.165, 1.54) is 55.6 Å². The molecule has 0 saturated heterocycles. The number of aromatic nitrogens is 2. The summed E-state index contributed by atoms with van der Waals surface area (Å²) in [6.45, 7) is 18.6. The maximum atomic E-state index is 7.40. The third kappa shape index (κ3) is 8.33. The first-order chi connectivity index (χ1) is 40.3. The summed E-state index contributed by atoms with van der Waals surface area (Å²) in [6, 6.07) is 91.6. The van der Waals surface area contributed by atoms with E-state index in [1.807, 2.05) is 6.20 Å². The van der Waals surface area contributed by atoms with E-state index in [-0.39, 0.29) is 37.3 Å². The molecule has 5 nitrogen and oxygen atoms in total. The minimum Gasteiger partial charge on any atom is -0.509 e. The molecule has 414 valence electrons. The van der Waals surface area contributed by atoms with Crippen molar-refractivity contribution in [1.29, 1.82) is 0 Å². The number of ether oxygens (including phenoxy) is 1. The number of fused-ring (bicyclic) bond motifs is 8. The second-order valence-electron chi connectivity index (χ2n) is 25.1. The third-order valence-corrected chi connectivity index (χ3v) is 17.9. The fraction of sp³-hybridized carbons (Fsp3) is 0.154. The van der Waals surface area contributed by atoms with Crippen molar-refractivity contribution in [1.82, 2.24) is 9.55 Å². The first kappa shape index (κ1) is 53.3. The van der Waals surface area contributed by atoms with Crippen LogP contribution >= 0.6 is 0 Å². The number of hydrogen-bond acceptors (Lipinski definition) is 4. The second-order valence-corrected chi connectivity index (χ2v) is 25.1. The summed E-state index contributed by atoms with van der Waals surface area (Å²) in [6.07, 6.45) is 2.93. The van der Waals surface area contributed by atoms with Gasteiger partial charge in [0.25, 0.3) is 0 Å². The molecule has 10 aromatic carbocycles. The van der Waals surface area contributed by atoms with Crippen LogP contribution in [-0.2, 0) is 42.7 Å². The number of hydrogen-bond donors (Lipinski definition) is 0. The summed E-state index contributed by atoms with van der Waals surface area (Å²) < 4.78 is 9.68. The molecule has 2 aliphatic carbocycles. The first-order valence-electron chi connectivity index (χ1n) is 29.1. The number of benzene rings is 10. The zero-order valence-corrected chi connectivity index (χ0v) is 50.6. The molecular weight excluding hydrogens is 1200 g/mol. The van der Waals surface area contributed by atoms with Gasteiger partial charge in [-0.05, 0) is 115 Å². The molecule has 0 unspecified atom stereocenters. The monoisotopic (exact) mass is 1270 g/mol. The summed E-state index contributed by atoms with van der Waals surface area (Å²) in [5.74, 6) is 2.13. The minimum absolute atomic E-state index is 0. The first-order valence-corrected chi connectivity index (χ1v) is 29.1. The molecular formula is C78H63N4OPt-3. The van der Waals surface area contributed by atoms with Gasteiger partial charge in [0.1, 0.15) is 5.82 Å². The van der Waals surface area contributed by atoms with Crippen LogP contribution in [0.15, 0.2) is 237 Å². The largest absolute Gasteiger partial charge is 0.509 e. The van der Waals surface area contributed by atoms with Crippen molar-refractivity contribution < 1.29 is 25.8 Å². The van der Waals surface area contributed by atoms with Gasteiger partial charge < -0.3 is 19.1 Å². The summed E-state index contributed by atoms with van der Waals surface area (Å²) in [5.41, 5.74) is 20.8. The van der Waals surface area contributed by atoms with Crippen molar-refractivity contribution in [3.8, 4) is 50.7 Å². The normalized spacial score (nSPS) is 15.1. The van der Waals surface area contributed by atoms with E-state index in [1.54, 1.807) is 0 Å². The molecule has 3 aliphatic rings. The Balaban J connectivity index is 0.00000627. The molecule has 1 aliphatic heterocycles. The summed E-state index contributed by atoms with van der Waals surface area (Å²) in [4.78, 5) is 9.95. The van der Waals surface area contributed by atoms with Crippen LogP contribution in [0.5, 0.6) is 11.5 Å². The number of pyridine rings is 1. The Kier molecular flexibility index (Phi) is 12.7. The van der Waals surface area contributed by atoms with E-state index < -0.39 is 5.41 Å². The minimum atomic E-state index is -0.583. The van der Waals surface area contributed by atoms with Crippen molar-refractivity contribution in [2.75, 3.05) is 9.80 Å².